The molecule has 0 atom stereocenters. The first-order chi connectivity index (χ1) is 10.5. The van der Waals surface area contributed by atoms with E-state index >= 15 is 0 Å². The Bertz CT molecular complexity index is 704. The molecule has 3 N–H and O–H groups in total. The van der Waals surface area contributed by atoms with E-state index in [4.69, 9.17) is 16.7 Å². The lowest BCUT2D eigenvalue weighted by Gasteiger charge is -2.06. The molecule has 7 nitrogen and oxygen atoms in total. The number of carbonyl (C=O) groups excluding carboxylic acids is 1. The molecule has 0 spiro atoms. The highest BCUT2D eigenvalue weighted by molar-refractivity contribution is 7.99. The van der Waals surface area contributed by atoms with Gasteiger partial charge in [-0.05, 0) is 18.2 Å². The first-order valence-corrected chi connectivity index (χ1v) is 7.72. The second kappa shape index (κ2) is 7.28. The van der Waals surface area contributed by atoms with Crippen LogP contribution >= 0.6 is 23.4 Å². The molecule has 1 aromatic carbocycles. The van der Waals surface area contributed by atoms with Crippen LogP contribution in [0.5, 0.6) is 0 Å². The fraction of sp³-hybridized carbons (Fsp3) is 0.231. The topological polar surface area (TPSA) is 108 Å². The van der Waals surface area contributed by atoms with E-state index in [1.807, 2.05) is 6.92 Å². The number of hydrogen-bond acceptors (Lipinski definition) is 5. The number of aromatic nitrogens is 3. The van der Waals surface area contributed by atoms with Crippen molar-refractivity contribution in [2.45, 2.75) is 18.5 Å². The number of thioether (sulfide) groups is 1. The smallest absolute Gasteiger partial charge is 0.337 e. The fourth-order valence-corrected chi connectivity index (χ4v) is 2.47. The number of benzene rings is 1. The minimum absolute atomic E-state index is 0.0122. The highest BCUT2D eigenvalue weighted by Crippen LogP contribution is 2.21. The van der Waals surface area contributed by atoms with Gasteiger partial charge < -0.3 is 10.4 Å². The van der Waals surface area contributed by atoms with Crippen molar-refractivity contribution in [3.63, 3.8) is 0 Å². The summed E-state index contributed by atoms with van der Waals surface area (Å²) in [6.07, 6.45) is 0.744. The Labute approximate surface area is 135 Å². The van der Waals surface area contributed by atoms with Gasteiger partial charge >= 0.3 is 5.97 Å². The van der Waals surface area contributed by atoms with Gasteiger partial charge in [-0.3, -0.25) is 9.89 Å². The van der Waals surface area contributed by atoms with E-state index in [0.29, 0.717) is 10.8 Å². The van der Waals surface area contributed by atoms with Crippen LogP contribution in [0.2, 0.25) is 5.02 Å². The van der Waals surface area contributed by atoms with Crippen LogP contribution in [0.15, 0.2) is 23.4 Å². The van der Waals surface area contributed by atoms with Crippen molar-refractivity contribution in [1.29, 1.82) is 0 Å². The molecule has 0 bridgehead atoms. The average molecular weight is 341 g/mol. The molecule has 0 fully saturated rings. The van der Waals surface area contributed by atoms with E-state index in [2.05, 4.69) is 20.5 Å². The van der Waals surface area contributed by atoms with Crippen LogP contribution in [0.25, 0.3) is 0 Å². The van der Waals surface area contributed by atoms with Crippen LogP contribution < -0.4 is 5.32 Å². The normalized spacial score (nSPS) is 10.5. The van der Waals surface area contributed by atoms with Gasteiger partial charge in [0.25, 0.3) is 0 Å². The molecular formula is C13H13ClN4O3S. The summed E-state index contributed by atoms with van der Waals surface area (Å²) in [4.78, 5) is 26.9. The lowest BCUT2D eigenvalue weighted by atomic mass is 10.2. The van der Waals surface area contributed by atoms with Crippen molar-refractivity contribution in [3.05, 3.63) is 34.6 Å². The van der Waals surface area contributed by atoms with Crippen LogP contribution in [-0.2, 0) is 11.2 Å². The second-order valence-corrected chi connectivity index (χ2v) is 5.60. The predicted octanol–water partition coefficient (Wildman–Crippen LogP) is 2.45. The maximum atomic E-state index is 11.8. The van der Waals surface area contributed by atoms with Crippen molar-refractivity contribution in [2.24, 2.45) is 0 Å². The number of carbonyl (C=O) groups is 2. The lowest BCUT2D eigenvalue weighted by Crippen LogP contribution is -2.14. The van der Waals surface area contributed by atoms with E-state index in [9.17, 15) is 9.59 Å². The SMILES string of the molecule is CCc1nc(SCC(=O)Nc2ccc(C(=O)O)c(Cl)c2)n[nH]1. The molecule has 0 aliphatic rings. The number of halogens is 1. The number of aryl methyl sites for hydroxylation is 1. The number of carboxylic acids is 1. The maximum Gasteiger partial charge on any atom is 0.337 e. The molecule has 2 rings (SSSR count). The molecular weight excluding hydrogens is 328 g/mol. The van der Waals surface area contributed by atoms with E-state index in [1.54, 1.807) is 0 Å². The summed E-state index contributed by atoms with van der Waals surface area (Å²) in [6, 6.07) is 4.23. The molecule has 9 heteroatoms. The Morgan fingerprint density at radius 1 is 1.45 bits per heavy atom. The van der Waals surface area contributed by atoms with Crippen LogP contribution in [0, 0.1) is 0 Å². The lowest BCUT2D eigenvalue weighted by molar-refractivity contribution is -0.113. The monoisotopic (exact) mass is 340 g/mol. The Kier molecular flexibility index (Phi) is 5.40. The summed E-state index contributed by atoms with van der Waals surface area (Å²) >= 11 is 7.04. The van der Waals surface area contributed by atoms with Crippen LogP contribution in [0.3, 0.4) is 0 Å². The summed E-state index contributed by atoms with van der Waals surface area (Å²) in [5, 5.41) is 18.8. The number of aromatic amines is 1. The number of H-pyrrole nitrogens is 1. The van der Waals surface area contributed by atoms with Gasteiger partial charge in [-0.15, -0.1) is 5.10 Å². The standard InChI is InChI=1S/C13H13ClN4O3S/c1-2-10-16-13(18-17-10)22-6-11(19)15-7-3-4-8(12(20)21)9(14)5-7/h3-5H,2,6H2,1H3,(H,15,19)(H,20,21)(H,16,17,18). The zero-order valence-corrected chi connectivity index (χ0v) is 13.2. The predicted molar refractivity (Wildman–Crippen MR) is 83.5 cm³/mol. The number of rotatable bonds is 6. The molecule has 2 aromatic rings. The molecule has 1 aromatic heterocycles. The van der Waals surface area contributed by atoms with E-state index in [1.165, 1.54) is 30.0 Å². The Morgan fingerprint density at radius 2 is 2.23 bits per heavy atom. The highest BCUT2D eigenvalue weighted by atomic mass is 35.5. The molecule has 1 amide bonds. The number of carboxylic acid groups (broad SMARTS) is 1. The van der Waals surface area contributed by atoms with Gasteiger partial charge in [-0.2, -0.15) is 0 Å². The van der Waals surface area contributed by atoms with Gasteiger partial charge in [0, 0.05) is 12.1 Å². The van der Waals surface area contributed by atoms with E-state index in [-0.39, 0.29) is 22.2 Å². The third-order valence-electron chi connectivity index (χ3n) is 2.66. The maximum absolute atomic E-state index is 11.8. The zero-order chi connectivity index (χ0) is 16.1. The van der Waals surface area contributed by atoms with Gasteiger partial charge in [0.1, 0.15) is 5.82 Å². The summed E-state index contributed by atoms with van der Waals surface area (Å²) in [5.74, 6) is -0.472. The molecule has 1 heterocycles. The van der Waals surface area contributed by atoms with Gasteiger partial charge in [-0.25, -0.2) is 9.78 Å². The highest BCUT2D eigenvalue weighted by Gasteiger charge is 2.11. The van der Waals surface area contributed by atoms with Crippen LogP contribution in [-0.4, -0.2) is 37.9 Å². The zero-order valence-electron chi connectivity index (χ0n) is 11.6. The molecule has 116 valence electrons. The Balaban J connectivity index is 1.91. The average Bonchev–Trinajstić information content (AvgIpc) is 2.93. The quantitative estimate of drug-likeness (QED) is 0.697. The molecule has 0 radical (unpaired) electrons. The summed E-state index contributed by atoms with van der Waals surface area (Å²) in [5.41, 5.74) is 0.423. The van der Waals surface area contributed by atoms with Crippen LogP contribution in [0.4, 0.5) is 5.69 Å². The molecule has 0 aliphatic carbocycles. The van der Waals surface area contributed by atoms with Crippen molar-refractivity contribution in [1.82, 2.24) is 15.2 Å². The summed E-state index contributed by atoms with van der Waals surface area (Å²) in [7, 11) is 0. The minimum Gasteiger partial charge on any atom is -0.478 e. The number of amides is 1. The second-order valence-electron chi connectivity index (χ2n) is 4.25. The number of hydrogen-bond donors (Lipinski definition) is 3. The van der Waals surface area contributed by atoms with Crippen LogP contribution in [0.1, 0.15) is 23.1 Å². The van der Waals surface area contributed by atoms with E-state index < -0.39 is 5.97 Å². The molecule has 22 heavy (non-hydrogen) atoms. The Hall–Kier alpha value is -2.06. The molecule has 0 saturated heterocycles. The molecule has 0 aliphatic heterocycles. The van der Waals surface area contributed by atoms with Gasteiger partial charge in [0.05, 0.1) is 16.3 Å². The number of nitrogens with zero attached hydrogens (tertiary/aromatic N) is 2. The third kappa shape index (κ3) is 4.22. The van der Waals surface area contributed by atoms with Crippen molar-refractivity contribution in [2.75, 3.05) is 11.1 Å². The number of anilines is 1. The number of nitrogens with one attached hydrogen (secondary N) is 2. The van der Waals surface area contributed by atoms with E-state index in [0.717, 1.165) is 12.2 Å². The van der Waals surface area contributed by atoms with Gasteiger partial charge in [0.15, 0.2) is 0 Å². The first kappa shape index (κ1) is 16.3. The van der Waals surface area contributed by atoms with Crippen molar-refractivity contribution >= 4 is 40.9 Å². The van der Waals surface area contributed by atoms with Gasteiger partial charge in [-0.1, -0.05) is 30.3 Å². The number of aromatic carboxylic acids is 1. The fourth-order valence-electron chi connectivity index (χ4n) is 1.59. The summed E-state index contributed by atoms with van der Waals surface area (Å²) in [6.45, 7) is 1.95. The van der Waals surface area contributed by atoms with Gasteiger partial charge in [0.2, 0.25) is 11.1 Å². The van der Waals surface area contributed by atoms with Crippen molar-refractivity contribution < 1.29 is 14.7 Å². The first-order valence-electron chi connectivity index (χ1n) is 6.36. The largest absolute Gasteiger partial charge is 0.478 e. The molecule has 0 saturated carbocycles. The summed E-state index contributed by atoms with van der Waals surface area (Å²) < 4.78 is 0. The minimum atomic E-state index is -1.12. The van der Waals surface area contributed by atoms with Crippen molar-refractivity contribution in [3.8, 4) is 0 Å². The Morgan fingerprint density at radius 3 is 2.82 bits per heavy atom. The third-order valence-corrected chi connectivity index (χ3v) is 3.82. The molecule has 0 unspecified atom stereocenters.